The maximum atomic E-state index is 12.6. The molecule has 0 radical (unpaired) electrons. The molecule has 0 aromatic heterocycles. The third kappa shape index (κ3) is 8.50. The molecule has 0 fully saturated rings. The number of rotatable bonds is 12. The number of benzene rings is 1. The highest BCUT2D eigenvalue weighted by atomic mass is 16.5. The number of oxime groups is 1. The molecule has 1 atom stereocenters. The molecular formula is C21H31N3O6. The Labute approximate surface area is 177 Å². The molecule has 0 aliphatic heterocycles. The van der Waals surface area contributed by atoms with Crippen molar-refractivity contribution in [2.45, 2.75) is 46.1 Å². The molecule has 0 spiro atoms. The summed E-state index contributed by atoms with van der Waals surface area (Å²) in [5, 5.41) is 14.5. The zero-order chi connectivity index (χ0) is 22.5. The van der Waals surface area contributed by atoms with Gasteiger partial charge < -0.3 is 24.9 Å². The number of nitrogens with one attached hydrogen (secondary N) is 1. The van der Waals surface area contributed by atoms with Crippen LogP contribution < -0.4 is 10.2 Å². The maximum absolute atomic E-state index is 12.6. The number of ether oxygens (including phenoxy) is 2. The van der Waals surface area contributed by atoms with Gasteiger partial charge in [-0.05, 0) is 51.5 Å². The van der Waals surface area contributed by atoms with Gasteiger partial charge in [0.05, 0.1) is 18.9 Å². The maximum Gasteiger partial charge on any atom is 0.328 e. The van der Waals surface area contributed by atoms with Crippen molar-refractivity contribution in [3.63, 3.8) is 0 Å². The molecule has 1 aromatic carbocycles. The van der Waals surface area contributed by atoms with Crippen LogP contribution in [0.1, 0.15) is 50.4 Å². The van der Waals surface area contributed by atoms with Gasteiger partial charge in [-0.25, -0.2) is 4.79 Å². The number of esters is 2. The minimum atomic E-state index is -0.940. The second-order valence-electron chi connectivity index (χ2n) is 6.68. The normalized spacial score (nSPS) is 12.1. The van der Waals surface area contributed by atoms with Crippen LogP contribution in [0.2, 0.25) is 0 Å². The van der Waals surface area contributed by atoms with E-state index < -0.39 is 23.9 Å². The first-order valence-corrected chi connectivity index (χ1v) is 9.94. The Hall–Kier alpha value is -3.10. The Morgan fingerprint density at radius 1 is 1.10 bits per heavy atom. The molecule has 1 amide bonds. The van der Waals surface area contributed by atoms with Crippen LogP contribution in [-0.4, -0.2) is 61.6 Å². The smallest absolute Gasteiger partial charge is 0.328 e. The summed E-state index contributed by atoms with van der Waals surface area (Å²) in [6.45, 7) is 6.19. The lowest BCUT2D eigenvalue weighted by molar-refractivity contribution is -0.146. The molecule has 0 bridgehead atoms. The monoisotopic (exact) mass is 421 g/mol. The van der Waals surface area contributed by atoms with Crippen LogP contribution >= 0.6 is 0 Å². The van der Waals surface area contributed by atoms with Crippen molar-refractivity contribution in [1.29, 1.82) is 0 Å². The third-order valence-corrected chi connectivity index (χ3v) is 4.37. The molecular weight excluding hydrogens is 390 g/mol. The summed E-state index contributed by atoms with van der Waals surface area (Å²) >= 11 is 0. The number of carbonyl (C=O) groups excluding carboxylic acids is 3. The molecule has 1 aromatic rings. The van der Waals surface area contributed by atoms with Crippen molar-refractivity contribution in [1.82, 2.24) is 5.32 Å². The summed E-state index contributed by atoms with van der Waals surface area (Å²) < 4.78 is 9.87. The summed E-state index contributed by atoms with van der Waals surface area (Å²) in [4.78, 5) is 38.3. The highest BCUT2D eigenvalue weighted by Crippen LogP contribution is 2.15. The largest absolute Gasteiger partial charge is 0.466 e. The molecule has 9 nitrogen and oxygen atoms in total. The van der Waals surface area contributed by atoms with Crippen LogP contribution in [0.4, 0.5) is 5.69 Å². The topological polar surface area (TPSA) is 118 Å². The quantitative estimate of drug-likeness (QED) is 0.230. The lowest BCUT2D eigenvalue weighted by atomic mass is 10.1. The minimum Gasteiger partial charge on any atom is -0.466 e. The third-order valence-electron chi connectivity index (χ3n) is 4.37. The molecule has 166 valence electrons. The van der Waals surface area contributed by atoms with E-state index in [0.717, 1.165) is 5.69 Å². The van der Waals surface area contributed by atoms with Crippen LogP contribution in [0.25, 0.3) is 0 Å². The van der Waals surface area contributed by atoms with Crippen molar-refractivity contribution in [3.8, 4) is 0 Å². The number of hydrogen-bond acceptors (Lipinski definition) is 8. The van der Waals surface area contributed by atoms with Crippen molar-refractivity contribution in [2.75, 3.05) is 31.7 Å². The summed E-state index contributed by atoms with van der Waals surface area (Å²) in [5.74, 6) is -1.46. The van der Waals surface area contributed by atoms with Gasteiger partial charge in [-0.2, -0.15) is 0 Å². The van der Waals surface area contributed by atoms with Crippen molar-refractivity contribution < 1.29 is 29.1 Å². The molecule has 0 heterocycles. The van der Waals surface area contributed by atoms with E-state index in [9.17, 15) is 14.4 Å². The second kappa shape index (κ2) is 13.2. The van der Waals surface area contributed by atoms with E-state index in [1.54, 1.807) is 45.0 Å². The van der Waals surface area contributed by atoms with Crippen LogP contribution in [0.5, 0.6) is 0 Å². The minimum absolute atomic E-state index is 0.00209. The predicted molar refractivity (Wildman–Crippen MR) is 113 cm³/mol. The van der Waals surface area contributed by atoms with E-state index in [2.05, 4.69) is 10.5 Å². The van der Waals surface area contributed by atoms with E-state index >= 15 is 0 Å². The van der Waals surface area contributed by atoms with Crippen molar-refractivity contribution >= 4 is 29.2 Å². The number of carbonyl (C=O) groups is 3. The highest BCUT2D eigenvalue weighted by Gasteiger charge is 2.24. The van der Waals surface area contributed by atoms with Gasteiger partial charge in [0.2, 0.25) is 0 Å². The van der Waals surface area contributed by atoms with Crippen LogP contribution in [0.15, 0.2) is 29.4 Å². The zero-order valence-electron chi connectivity index (χ0n) is 18.0. The fraction of sp³-hybridized carbons (Fsp3) is 0.524. The number of hydrogen-bond donors (Lipinski definition) is 2. The summed E-state index contributed by atoms with van der Waals surface area (Å²) in [6, 6.07) is 5.95. The van der Waals surface area contributed by atoms with Gasteiger partial charge in [-0.15, -0.1) is 0 Å². The second-order valence-corrected chi connectivity index (χ2v) is 6.68. The Morgan fingerprint density at radius 2 is 1.73 bits per heavy atom. The van der Waals surface area contributed by atoms with Crippen molar-refractivity contribution in [3.05, 3.63) is 29.8 Å². The Balaban J connectivity index is 2.75. The predicted octanol–water partition coefficient (Wildman–Crippen LogP) is 2.37. The van der Waals surface area contributed by atoms with E-state index in [1.165, 1.54) is 0 Å². The first-order valence-electron chi connectivity index (χ1n) is 9.94. The first-order chi connectivity index (χ1) is 14.3. The molecule has 9 heteroatoms. The van der Waals surface area contributed by atoms with E-state index in [0.29, 0.717) is 24.2 Å². The van der Waals surface area contributed by atoms with E-state index in [1.807, 2.05) is 11.9 Å². The molecule has 1 rings (SSSR count). The van der Waals surface area contributed by atoms with Crippen LogP contribution in [0.3, 0.4) is 0 Å². The number of nitrogens with zero attached hydrogens (tertiary/aromatic N) is 2. The number of anilines is 1. The molecule has 30 heavy (non-hydrogen) atoms. The molecule has 0 aliphatic rings. The van der Waals surface area contributed by atoms with Gasteiger partial charge in [0.15, 0.2) is 0 Å². The fourth-order valence-electron chi connectivity index (χ4n) is 2.60. The summed E-state index contributed by atoms with van der Waals surface area (Å²) in [7, 11) is 1.89. The summed E-state index contributed by atoms with van der Waals surface area (Å²) in [6.07, 6.45) is 0.699. The van der Waals surface area contributed by atoms with E-state index in [4.69, 9.17) is 14.7 Å². The van der Waals surface area contributed by atoms with Crippen molar-refractivity contribution in [2.24, 2.45) is 5.16 Å². The van der Waals surface area contributed by atoms with Gasteiger partial charge in [0, 0.05) is 37.7 Å². The molecule has 1 unspecified atom stereocenters. The SMILES string of the molecule is CCOC(=O)CCC(NC(=O)c1ccc(N(C)CC/C(C)=N/O)cc1)C(=O)OCC. The van der Waals surface area contributed by atoms with E-state index in [-0.39, 0.29) is 26.1 Å². The summed E-state index contributed by atoms with van der Waals surface area (Å²) in [5.41, 5.74) is 1.90. The molecule has 0 saturated carbocycles. The molecule has 0 aliphatic carbocycles. The van der Waals surface area contributed by atoms with Crippen LogP contribution in [0, 0.1) is 0 Å². The fourth-order valence-corrected chi connectivity index (χ4v) is 2.60. The standard InChI is InChI=1S/C21H31N3O6/c1-5-29-19(25)12-11-18(21(27)30-6-2)22-20(26)16-7-9-17(10-8-16)24(4)14-13-15(3)23-28/h7-10,18,28H,5-6,11-14H2,1-4H3,(H,22,26)/b23-15+. The van der Waals surface area contributed by atoms with Gasteiger partial charge in [0.25, 0.3) is 5.91 Å². The average Bonchev–Trinajstić information content (AvgIpc) is 2.74. The van der Waals surface area contributed by atoms with Gasteiger partial charge >= 0.3 is 11.9 Å². The Morgan fingerprint density at radius 3 is 2.30 bits per heavy atom. The zero-order valence-corrected chi connectivity index (χ0v) is 18.0. The number of amides is 1. The van der Waals surface area contributed by atoms with Gasteiger partial charge in [-0.3, -0.25) is 9.59 Å². The lowest BCUT2D eigenvalue weighted by Gasteiger charge is -2.20. The highest BCUT2D eigenvalue weighted by molar-refractivity contribution is 5.97. The average molecular weight is 421 g/mol. The molecule has 2 N–H and O–H groups in total. The van der Waals surface area contributed by atoms with Gasteiger partial charge in [0.1, 0.15) is 6.04 Å². The Kier molecular flexibility index (Phi) is 11.0. The molecule has 0 saturated heterocycles. The Bertz CT molecular complexity index is 733. The lowest BCUT2D eigenvalue weighted by Crippen LogP contribution is -2.42. The van der Waals surface area contributed by atoms with Crippen LogP contribution in [-0.2, 0) is 19.1 Å². The van der Waals surface area contributed by atoms with Gasteiger partial charge in [-0.1, -0.05) is 5.16 Å². The first kappa shape index (κ1) is 24.9.